The van der Waals surface area contributed by atoms with Crippen LogP contribution in [-0.2, 0) is 74.7 Å². The normalized spacial score (nSPS) is 13.1. The molecule has 12 heteroatoms. The molecule has 3 atom stereocenters. The zero-order chi connectivity index (χ0) is 42.8. The summed E-state index contributed by atoms with van der Waals surface area (Å²) in [5.74, 6) is -0.913. The zero-order valence-electron chi connectivity index (χ0n) is 34.7. The molecule has 0 aliphatic carbocycles. The largest absolute Gasteiger partial charge is 0.507 e. The van der Waals surface area contributed by atoms with E-state index < -0.39 is 24.5 Å². The minimum Gasteiger partial charge on any atom is -0.507 e. The minimum absolute atomic E-state index is 0.0474. The summed E-state index contributed by atoms with van der Waals surface area (Å²) in [4.78, 5) is 0. The van der Waals surface area contributed by atoms with Gasteiger partial charge in [0.25, 0.3) is 0 Å². The second-order valence-corrected chi connectivity index (χ2v) is 14.6. The average molecular weight is 813 g/mol. The van der Waals surface area contributed by atoms with E-state index in [9.17, 15) is 30.6 Å². The Hall–Kier alpha value is -5.02. The third-order valence-electron chi connectivity index (χ3n) is 10.5. The first-order valence-electron chi connectivity index (χ1n) is 19.2. The monoisotopic (exact) mass is 812 g/mol. The number of phenolic OH excluding ortho intramolecular Hbond substituents is 3. The van der Waals surface area contributed by atoms with Gasteiger partial charge in [0.15, 0.2) is 0 Å². The molecule has 12 nitrogen and oxygen atoms in total. The van der Waals surface area contributed by atoms with Crippen LogP contribution in [0.3, 0.4) is 0 Å². The predicted octanol–water partition coefficient (Wildman–Crippen LogP) is 7.29. The molecule has 0 saturated heterocycles. The molecule has 0 fully saturated rings. The molecule has 0 aliphatic heterocycles. The molecule has 0 bridgehead atoms. The van der Waals surface area contributed by atoms with E-state index in [4.69, 9.17) is 28.4 Å². The Kier molecular flexibility index (Phi) is 15.9. The van der Waals surface area contributed by atoms with Crippen molar-refractivity contribution in [2.24, 2.45) is 0 Å². The molecule has 5 aromatic carbocycles. The molecule has 316 valence electrons. The summed E-state index contributed by atoms with van der Waals surface area (Å²) < 4.78 is 32.8. The molecule has 0 heterocycles. The van der Waals surface area contributed by atoms with E-state index in [1.807, 2.05) is 60.7 Å². The zero-order valence-corrected chi connectivity index (χ0v) is 34.7. The van der Waals surface area contributed by atoms with Crippen LogP contribution >= 0.6 is 0 Å². The van der Waals surface area contributed by atoms with Gasteiger partial charge in [0.1, 0.15) is 23.0 Å². The Morgan fingerprint density at radius 2 is 0.644 bits per heavy atom. The van der Waals surface area contributed by atoms with Crippen molar-refractivity contribution < 1.29 is 59.1 Å². The molecule has 0 aliphatic rings. The summed E-state index contributed by atoms with van der Waals surface area (Å²) >= 11 is 0. The molecule has 5 aromatic rings. The van der Waals surface area contributed by atoms with Gasteiger partial charge in [-0.2, -0.15) is 0 Å². The van der Waals surface area contributed by atoms with Gasteiger partial charge in [-0.3, -0.25) is 0 Å². The summed E-state index contributed by atoms with van der Waals surface area (Å²) in [5.41, 5.74) is 8.78. The minimum atomic E-state index is -0.990. The molecule has 59 heavy (non-hydrogen) atoms. The van der Waals surface area contributed by atoms with E-state index in [0.717, 1.165) is 33.4 Å². The highest BCUT2D eigenvalue weighted by atomic mass is 16.5. The number of hydrogen-bond acceptors (Lipinski definition) is 12. The molecule has 6 N–H and O–H groups in total. The number of aliphatic hydroxyl groups excluding tert-OH is 2. The SMILES string of the molecule is COCc1cc(C(c2ccc(C(c3cc(COC)c(O)c(COC)c3)c3cc(COC)c(O)c(C(C)O)c3)cc2)c2cc(COC)c(O)c(COC)c2)cc(CO)c1O. The van der Waals surface area contributed by atoms with Crippen molar-refractivity contribution in [2.45, 2.75) is 71.1 Å². The number of ether oxygens (including phenoxy) is 6. The van der Waals surface area contributed by atoms with Crippen LogP contribution in [-0.4, -0.2) is 73.3 Å². The smallest absolute Gasteiger partial charge is 0.126 e. The fraction of sp³-hybridized carbons (Fsp3) is 0.362. The average Bonchev–Trinajstić information content (AvgIpc) is 3.21. The van der Waals surface area contributed by atoms with Crippen LogP contribution in [0.15, 0.2) is 72.8 Å². The summed E-state index contributed by atoms with van der Waals surface area (Å²) in [7, 11) is 9.30. The predicted molar refractivity (Wildman–Crippen MR) is 222 cm³/mol. The van der Waals surface area contributed by atoms with Gasteiger partial charge >= 0.3 is 0 Å². The molecule has 0 spiro atoms. The summed E-state index contributed by atoms with van der Waals surface area (Å²) in [6, 6.07) is 22.8. The van der Waals surface area contributed by atoms with Crippen LogP contribution in [0.25, 0.3) is 0 Å². The van der Waals surface area contributed by atoms with E-state index >= 15 is 0 Å². The van der Waals surface area contributed by atoms with Gasteiger partial charge < -0.3 is 59.1 Å². The standard InChI is InChI=1S/C47H56O12/c1-27(49)41-19-33(18-40(26-59-7)47(41)53)43(32-16-38(24-57-5)46(52)39(17-32)25-58-6)29-10-8-28(9-11-29)42(30-12-34(20-48)44(50)35(13-30)21-54-2)31-14-36(22-55-3)45(51)37(15-31)23-56-4/h8-19,27,42-43,48-53H,20-26H2,1-7H3. The van der Waals surface area contributed by atoms with Crippen molar-refractivity contribution in [3.63, 3.8) is 0 Å². The lowest BCUT2D eigenvalue weighted by atomic mass is 9.79. The van der Waals surface area contributed by atoms with Crippen LogP contribution < -0.4 is 0 Å². The lowest BCUT2D eigenvalue weighted by Gasteiger charge is -2.26. The molecule has 0 aromatic heterocycles. The first kappa shape index (κ1) is 45.1. The number of benzene rings is 5. The van der Waals surface area contributed by atoms with E-state index in [2.05, 4.69) is 0 Å². The van der Waals surface area contributed by atoms with Gasteiger partial charge in [0.2, 0.25) is 0 Å². The Bertz CT molecular complexity index is 2130. The van der Waals surface area contributed by atoms with Gasteiger partial charge in [-0.25, -0.2) is 0 Å². The van der Waals surface area contributed by atoms with Crippen LogP contribution in [0.5, 0.6) is 23.0 Å². The first-order chi connectivity index (χ1) is 28.4. The van der Waals surface area contributed by atoms with Gasteiger partial charge in [-0.1, -0.05) is 24.3 Å². The number of methoxy groups -OCH3 is 6. The highest BCUT2D eigenvalue weighted by molar-refractivity contribution is 5.57. The summed E-state index contributed by atoms with van der Waals surface area (Å²) in [5, 5.41) is 65.7. The number of aromatic hydroxyl groups is 4. The number of hydrogen-bond donors (Lipinski definition) is 6. The molecule has 0 amide bonds. The summed E-state index contributed by atoms with van der Waals surface area (Å²) in [6.07, 6.45) is -0.990. The lowest BCUT2D eigenvalue weighted by molar-refractivity contribution is 0.174. The Balaban J connectivity index is 1.80. The molecule has 0 radical (unpaired) electrons. The number of rotatable bonds is 20. The lowest BCUT2D eigenvalue weighted by Crippen LogP contribution is -2.11. The van der Waals surface area contributed by atoms with E-state index in [1.54, 1.807) is 47.5 Å². The van der Waals surface area contributed by atoms with Crippen LogP contribution in [0.1, 0.15) is 103 Å². The number of aliphatic hydroxyl groups is 2. The molecular weight excluding hydrogens is 757 g/mol. The van der Waals surface area contributed by atoms with E-state index in [-0.39, 0.29) is 62.6 Å². The maximum atomic E-state index is 11.2. The maximum Gasteiger partial charge on any atom is 0.126 e. The Morgan fingerprint density at radius 1 is 0.390 bits per heavy atom. The summed E-state index contributed by atoms with van der Waals surface area (Å²) in [6.45, 7) is 1.97. The third kappa shape index (κ3) is 10.1. The van der Waals surface area contributed by atoms with Crippen molar-refractivity contribution in [1.29, 1.82) is 0 Å². The quantitative estimate of drug-likeness (QED) is 0.0434. The van der Waals surface area contributed by atoms with E-state index in [0.29, 0.717) is 44.5 Å². The van der Waals surface area contributed by atoms with Crippen molar-refractivity contribution in [2.75, 3.05) is 42.7 Å². The molecule has 3 unspecified atom stereocenters. The van der Waals surface area contributed by atoms with Crippen molar-refractivity contribution in [3.8, 4) is 23.0 Å². The van der Waals surface area contributed by atoms with Crippen molar-refractivity contribution in [3.05, 3.63) is 151 Å². The fourth-order valence-corrected chi connectivity index (χ4v) is 7.84. The van der Waals surface area contributed by atoms with Crippen molar-refractivity contribution in [1.82, 2.24) is 0 Å². The maximum absolute atomic E-state index is 11.2. The second kappa shape index (κ2) is 20.8. The molecule has 0 saturated carbocycles. The van der Waals surface area contributed by atoms with Gasteiger partial charge in [0, 0.05) is 99.0 Å². The highest BCUT2D eigenvalue weighted by Gasteiger charge is 2.27. The van der Waals surface area contributed by atoms with Crippen molar-refractivity contribution >= 4 is 0 Å². The van der Waals surface area contributed by atoms with Gasteiger partial charge in [-0.05, 0) is 88.8 Å². The molecule has 5 rings (SSSR count). The highest BCUT2D eigenvalue weighted by Crippen LogP contribution is 2.43. The third-order valence-corrected chi connectivity index (χ3v) is 10.5. The Labute approximate surface area is 345 Å². The first-order valence-corrected chi connectivity index (χ1v) is 19.2. The topological polar surface area (TPSA) is 177 Å². The second-order valence-electron chi connectivity index (χ2n) is 14.6. The van der Waals surface area contributed by atoms with E-state index in [1.165, 1.54) is 14.2 Å². The number of phenols is 4. The van der Waals surface area contributed by atoms with Crippen LogP contribution in [0, 0.1) is 0 Å². The van der Waals surface area contributed by atoms with Crippen LogP contribution in [0.2, 0.25) is 0 Å². The van der Waals surface area contributed by atoms with Crippen LogP contribution in [0.4, 0.5) is 0 Å². The Morgan fingerprint density at radius 3 is 0.915 bits per heavy atom. The fourth-order valence-electron chi connectivity index (χ4n) is 7.84. The van der Waals surface area contributed by atoms with Gasteiger partial charge in [0.05, 0.1) is 52.4 Å². The van der Waals surface area contributed by atoms with Gasteiger partial charge in [-0.15, -0.1) is 0 Å². The molecular formula is C47H56O12.